The minimum Gasteiger partial charge on any atom is -0.371 e. The number of fused-ring (bicyclic) bond motifs is 3. The summed E-state index contributed by atoms with van der Waals surface area (Å²) in [5.74, 6) is 0.447. The lowest BCUT2D eigenvalue weighted by molar-refractivity contribution is -0.120. The smallest absolute Gasteiger partial charge is 0.234 e. The van der Waals surface area contributed by atoms with Gasteiger partial charge in [0.25, 0.3) is 0 Å². The van der Waals surface area contributed by atoms with Gasteiger partial charge in [-0.05, 0) is 30.2 Å². The minimum absolute atomic E-state index is 0.147. The number of rotatable bonds is 5. The van der Waals surface area contributed by atoms with Crippen molar-refractivity contribution in [1.29, 1.82) is 5.26 Å². The van der Waals surface area contributed by atoms with Gasteiger partial charge in [-0.1, -0.05) is 18.2 Å². The summed E-state index contributed by atoms with van der Waals surface area (Å²) in [4.78, 5) is 24.3. The first-order chi connectivity index (χ1) is 14.0. The maximum Gasteiger partial charge on any atom is 0.234 e. The Morgan fingerprint density at radius 1 is 1.38 bits per heavy atom. The SMILES string of the molecule is CNc1nc2[nH]c(-c3cccc(C(C)NC(=O)CC#N)c3)cc2c2c1ncn2C. The molecule has 1 unspecified atom stereocenters. The fourth-order valence-corrected chi connectivity index (χ4v) is 3.55. The van der Waals surface area contributed by atoms with Crippen LogP contribution < -0.4 is 10.6 Å². The molecule has 0 aliphatic rings. The van der Waals surface area contributed by atoms with Gasteiger partial charge in [-0.25, -0.2) is 9.97 Å². The summed E-state index contributed by atoms with van der Waals surface area (Å²) < 4.78 is 1.99. The molecule has 0 aliphatic heterocycles. The zero-order valence-corrected chi connectivity index (χ0v) is 16.4. The highest BCUT2D eigenvalue weighted by Crippen LogP contribution is 2.32. The van der Waals surface area contributed by atoms with Crippen LogP contribution in [0.3, 0.4) is 0 Å². The Bertz CT molecular complexity index is 1260. The van der Waals surface area contributed by atoms with Crippen LogP contribution in [-0.4, -0.2) is 32.5 Å². The number of carbonyl (C=O) groups excluding carboxylic acids is 1. The number of hydrogen-bond donors (Lipinski definition) is 3. The zero-order chi connectivity index (χ0) is 20.5. The van der Waals surface area contributed by atoms with Crippen molar-refractivity contribution in [3.05, 3.63) is 42.2 Å². The summed E-state index contributed by atoms with van der Waals surface area (Å²) in [6.07, 6.45) is 1.64. The topological polar surface area (TPSA) is 111 Å². The molecule has 0 aliphatic carbocycles. The zero-order valence-electron chi connectivity index (χ0n) is 16.4. The van der Waals surface area contributed by atoms with Gasteiger partial charge >= 0.3 is 0 Å². The van der Waals surface area contributed by atoms with Crippen LogP contribution in [0.25, 0.3) is 33.3 Å². The molecule has 0 fully saturated rings. The van der Waals surface area contributed by atoms with E-state index in [2.05, 4.69) is 31.7 Å². The molecule has 1 atom stereocenters. The van der Waals surface area contributed by atoms with Crippen molar-refractivity contribution in [1.82, 2.24) is 24.8 Å². The number of amides is 1. The van der Waals surface area contributed by atoms with Gasteiger partial charge in [-0.3, -0.25) is 4.79 Å². The average Bonchev–Trinajstić information content (AvgIpc) is 3.31. The second-order valence-electron chi connectivity index (χ2n) is 6.96. The molecule has 4 aromatic rings. The number of nitrogens with one attached hydrogen (secondary N) is 3. The van der Waals surface area contributed by atoms with Crippen LogP contribution in [0.15, 0.2) is 36.7 Å². The predicted octanol–water partition coefficient (Wildman–Crippen LogP) is 3.25. The van der Waals surface area contributed by atoms with Crippen molar-refractivity contribution in [2.24, 2.45) is 7.05 Å². The van der Waals surface area contributed by atoms with Crippen molar-refractivity contribution in [3.63, 3.8) is 0 Å². The van der Waals surface area contributed by atoms with E-state index < -0.39 is 0 Å². The molecule has 1 aromatic carbocycles. The molecule has 1 amide bonds. The summed E-state index contributed by atoms with van der Waals surface area (Å²) in [7, 11) is 3.80. The molecule has 0 spiro atoms. The number of aromatic amines is 1. The second kappa shape index (κ2) is 7.28. The van der Waals surface area contributed by atoms with Crippen molar-refractivity contribution >= 4 is 33.8 Å². The van der Waals surface area contributed by atoms with Gasteiger partial charge in [-0.2, -0.15) is 5.26 Å². The molecule has 8 nitrogen and oxygen atoms in total. The molecule has 4 rings (SSSR count). The van der Waals surface area contributed by atoms with Crippen LogP contribution in [0, 0.1) is 11.3 Å². The summed E-state index contributed by atoms with van der Waals surface area (Å²) in [5.41, 5.74) is 5.50. The molecule has 146 valence electrons. The minimum atomic E-state index is -0.279. The third kappa shape index (κ3) is 3.27. The van der Waals surface area contributed by atoms with Crippen LogP contribution in [-0.2, 0) is 11.8 Å². The lowest BCUT2D eigenvalue weighted by Gasteiger charge is -2.14. The van der Waals surface area contributed by atoms with E-state index in [1.165, 1.54) is 0 Å². The van der Waals surface area contributed by atoms with E-state index in [0.29, 0.717) is 0 Å². The van der Waals surface area contributed by atoms with Crippen molar-refractivity contribution in [3.8, 4) is 17.3 Å². The van der Waals surface area contributed by atoms with Crippen molar-refractivity contribution in [2.75, 3.05) is 12.4 Å². The first kappa shape index (κ1) is 18.5. The fraction of sp³-hybridized carbons (Fsp3) is 0.238. The third-order valence-electron chi connectivity index (χ3n) is 4.99. The van der Waals surface area contributed by atoms with E-state index in [4.69, 9.17) is 5.26 Å². The van der Waals surface area contributed by atoms with E-state index in [1.807, 2.05) is 55.9 Å². The number of nitriles is 1. The Labute approximate surface area is 167 Å². The monoisotopic (exact) mass is 387 g/mol. The Morgan fingerprint density at radius 3 is 2.97 bits per heavy atom. The molecule has 0 radical (unpaired) electrons. The number of imidazole rings is 1. The number of nitrogens with zero attached hydrogens (tertiary/aromatic N) is 4. The average molecular weight is 387 g/mol. The van der Waals surface area contributed by atoms with E-state index in [9.17, 15) is 4.79 Å². The quantitative estimate of drug-likeness (QED) is 0.487. The number of hydrogen-bond acceptors (Lipinski definition) is 5. The largest absolute Gasteiger partial charge is 0.371 e. The third-order valence-corrected chi connectivity index (χ3v) is 4.99. The van der Waals surface area contributed by atoms with E-state index in [1.54, 1.807) is 6.33 Å². The Morgan fingerprint density at radius 2 is 2.21 bits per heavy atom. The number of pyridine rings is 1. The number of anilines is 1. The molecular formula is C21H21N7O. The highest BCUT2D eigenvalue weighted by atomic mass is 16.1. The molecule has 0 saturated heterocycles. The summed E-state index contributed by atoms with van der Waals surface area (Å²) in [6.45, 7) is 1.90. The van der Waals surface area contributed by atoms with E-state index in [-0.39, 0.29) is 18.4 Å². The Hall–Kier alpha value is -3.86. The van der Waals surface area contributed by atoms with Crippen LogP contribution in [0.5, 0.6) is 0 Å². The van der Waals surface area contributed by atoms with Crippen molar-refractivity contribution < 1.29 is 4.79 Å². The van der Waals surface area contributed by atoms with Crippen LogP contribution >= 0.6 is 0 Å². The normalized spacial score (nSPS) is 12.1. The lowest BCUT2D eigenvalue weighted by atomic mass is 10.0. The second-order valence-corrected chi connectivity index (χ2v) is 6.96. The van der Waals surface area contributed by atoms with Crippen LogP contribution in [0.4, 0.5) is 5.82 Å². The summed E-state index contributed by atoms with van der Waals surface area (Å²) in [6, 6.07) is 11.7. The van der Waals surface area contributed by atoms with Gasteiger partial charge < -0.3 is 20.2 Å². The molecule has 0 bridgehead atoms. The molecule has 29 heavy (non-hydrogen) atoms. The number of H-pyrrole nitrogens is 1. The molecule has 3 N–H and O–H groups in total. The van der Waals surface area contributed by atoms with E-state index >= 15 is 0 Å². The van der Waals surface area contributed by atoms with Crippen LogP contribution in [0.2, 0.25) is 0 Å². The lowest BCUT2D eigenvalue weighted by Crippen LogP contribution is -2.25. The van der Waals surface area contributed by atoms with Gasteiger partial charge in [0.05, 0.1) is 24.0 Å². The Kier molecular flexibility index (Phi) is 4.64. The van der Waals surface area contributed by atoms with Crippen molar-refractivity contribution in [2.45, 2.75) is 19.4 Å². The number of aryl methyl sites for hydroxylation is 1. The fourth-order valence-electron chi connectivity index (χ4n) is 3.55. The maximum atomic E-state index is 11.7. The molecule has 3 heterocycles. The predicted molar refractivity (Wildman–Crippen MR) is 112 cm³/mol. The molecule has 8 heteroatoms. The molecule has 0 saturated carbocycles. The van der Waals surface area contributed by atoms with Gasteiger partial charge in [0.15, 0.2) is 5.82 Å². The summed E-state index contributed by atoms with van der Waals surface area (Å²) >= 11 is 0. The first-order valence-corrected chi connectivity index (χ1v) is 9.30. The number of carbonyl (C=O) groups is 1. The van der Waals surface area contributed by atoms with Gasteiger partial charge in [0.1, 0.15) is 17.6 Å². The van der Waals surface area contributed by atoms with Gasteiger partial charge in [0.2, 0.25) is 5.91 Å². The first-order valence-electron chi connectivity index (χ1n) is 9.30. The van der Waals surface area contributed by atoms with E-state index in [0.717, 1.165) is 44.7 Å². The Balaban J connectivity index is 1.76. The maximum absolute atomic E-state index is 11.7. The highest BCUT2D eigenvalue weighted by molar-refractivity contribution is 6.07. The standard InChI is InChI=1S/C21H21N7O/c1-12(25-17(29)7-8-22)13-5-4-6-14(9-13)16-10-15-19-18(24-11-28(19)3)21(23-2)27-20(15)26-16/h4-6,9-12H,7H2,1-3H3,(H,25,29)(H2,23,26,27). The summed E-state index contributed by atoms with van der Waals surface area (Å²) in [5, 5.41) is 15.6. The molecular weight excluding hydrogens is 366 g/mol. The highest BCUT2D eigenvalue weighted by Gasteiger charge is 2.16. The number of aromatic nitrogens is 4. The van der Waals surface area contributed by atoms with Gasteiger partial charge in [0, 0.05) is 25.2 Å². The number of benzene rings is 1. The molecule has 3 aromatic heterocycles. The van der Waals surface area contributed by atoms with Gasteiger partial charge in [-0.15, -0.1) is 0 Å². The van der Waals surface area contributed by atoms with Crippen LogP contribution in [0.1, 0.15) is 24.9 Å².